The molecule has 194 valence electrons. The first-order valence-corrected chi connectivity index (χ1v) is 12.5. The van der Waals surface area contributed by atoms with E-state index >= 15 is 0 Å². The predicted molar refractivity (Wildman–Crippen MR) is 148 cm³/mol. The maximum Gasteiger partial charge on any atom is 0.411 e. The van der Waals surface area contributed by atoms with Crippen molar-refractivity contribution in [2.24, 2.45) is 0 Å². The molecule has 0 aliphatic carbocycles. The van der Waals surface area contributed by atoms with E-state index in [9.17, 15) is 10.1 Å². The minimum Gasteiger partial charge on any atom is -0.457 e. The minimum absolute atomic E-state index is 0.266. The van der Waals surface area contributed by atoms with E-state index in [1.54, 1.807) is 16.9 Å². The number of hydrogen-bond acceptors (Lipinski definition) is 7. The van der Waals surface area contributed by atoms with Gasteiger partial charge >= 0.3 is 6.09 Å². The van der Waals surface area contributed by atoms with Crippen molar-refractivity contribution in [1.82, 2.24) is 14.6 Å². The van der Waals surface area contributed by atoms with E-state index in [2.05, 4.69) is 26.8 Å². The number of pyridine rings is 1. The average molecular weight is 519 g/mol. The van der Waals surface area contributed by atoms with Crippen LogP contribution in [0.5, 0.6) is 11.5 Å². The molecule has 0 aliphatic rings. The summed E-state index contributed by atoms with van der Waals surface area (Å²) in [5.74, 6) is 1.44. The van der Waals surface area contributed by atoms with Crippen LogP contribution in [0.25, 0.3) is 5.52 Å². The second-order valence-corrected chi connectivity index (χ2v) is 8.76. The normalized spacial score (nSPS) is 10.6. The Kier molecular flexibility index (Phi) is 7.65. The van der Waals surface area contributed by atoms with Gasteiger partial charge in [0.25, 0.3) is 0 Å². The number of aromatic nitrogens is 3. The summed E-state index contributed by atoms with van der Waals surface area (Å²) < 4.78 is 12.8. The molecule has 0 unspecified atom stereocenters. The molecule has 9 heteroatoms. The smallest absolute Gasteiger partial charge is 0.411 e. The lowest BCUT2D eigenvalue weighted by Crippen LogP contribution is -2.15. The lowest BCUT2D eigenvalue weighted by atomic mass is 10.1. The summed E-state index contributed by atoms with van der Waals surface area (Å²) >= 11 is 0. The second-order valence-electron chi connectivity index (χ2n) is 8.76. The zero-order valence-corrected chi connectivity index (χ0v) is 21.3. The Morgan fingerprint density at radius 2 is 1.79 bits per heavy atom. The van der Waals surface area contributed by atoms with Gasteiger partial charge in [0, 0.05) is 23.1 Å². The number of anilines is 3. The van der Waals surface area contributed by atoms with E-state index in [0.717, 1.165) is 29.1 Å². The summed E-state index contributed by atoms with van der Waals surface area (Å²) in [5.41, 5.74) is 4.63. The summed E-state index contributed by atoms with van der Waals surface area (Å²) in [5, 5.41) is 20.2. The molecule has 3 heterocycles. The summed E-state index contributed by atoms with van der Waals surface area (Å²) in [4.78, 5) is 16.7. The molecule has 2 aromatic carbocycles. The summed E-state index contributed by atoms with van der Waals surface area (Å²) in [6.07, 6.45) is 5.76. The number of para-hydroxylation sites is 1. The molecule has 0 fully saturated rings. The lowest BCUT2D eigenvalue weighted by Gasteiger charge is -2.12. The zero-order valence-electron chi connectivity index (χ0n) is 21.3. The van der Waals surface area contributed by atoms with Crippen molar-refractivity contribution in [3.63, 3.8) is 0 Å². The van der Waals surface area contributed by atoms with Gasteiger partial charge in [-0.25, -0.2) is 9.31 Å². The van der Waals surface area contributed by atoms with E-state index in [1.165, 1.54) is 6.20 Å². The maximum absolute atomic E-state index is 12.5. The van der Waals surface area contributed by atoms with Crippen LogP contribution in [-0.2, 0) is 11.2 Å². The fourth-order valence-corrected chi connectivity index (χ4v) is 4.11. The molecule has 5 rings (SSSR count). The third-order valence-corrected chi connectivity index (χ3v) is 6.05. The van der Waals surface area contributed by atoms with Crippen LogP contribution in [0.3, 0.4) is 0 Å². The lowest BCUT2D eigenvalue weighted by molar-refractivity contribution is 0.160. The van der Waals surface area contributed by atoms with Crippen LogP contribution in [0, 0.1) is 18.3 Å². The van der Waals surface area contributed by atoms with Crippen LogP contribution in [0.2, 0.25) is 0 Å². The van der Waals surface area contributed by atoms with E-state index in [-0.39, 0.29) is 6.61 Å². The van der Waals surface area contributed by atoms with Crippen LogP contribution >= 0.6 is 0 Å². The highest BCUT2D eigenvalue weighted by Gasteiger charge is 2.18. The number of aryl methyl sites for hydroxylation is 2. The number of benzene rings is 2. The van der Waals surface area contributed by atoms with Crippen LogP contribution < -0.4 is 15.4 Å². The number of fused-ring (bicyclic) bond motifs is 1. The molecule has 9 nitrogen and oxygen atoms in total. The number of nitrogens with zero attached hydrogens (tertiary/aromatic N) is 4. The molecule has 0 saturated carbocycles. The fourth-order valence-electron chi connectivity index (χ4n) is 4.11. The molecule has 0 aliphatic heterocycles. The van der Waals surface area contributed by atoms with E-state index in [4.69, 9.17) is 9.47 Å². The summed E-state index contributed by atoms with van der Waals surface area (Å²) in [6, 6.07) is 24.9. The molecule has 1 amide bonds. The second kappa shape index (κ2) is 11.8. The van der Waals surface area contributed by atoms with Crippen molar-refractivity contribution in [1.29, 1.82) is 5.26 Å². The molecule has 0 radical (unpaired) electrons. The van der Waals surface area contributed by atoms with Gasteiger partial charge in [-0.1, -0.05) is 24.3 Å². The number of ether oxygens (including phenoxy) is 2. The molecular weight excluding hydrogens is 492 g/mol. The fraction of sp³-hybridized carbons (Fsp3) is 0.133. The van der Waals surface area contributed by atoms with Gasteiger partial charge in [0.2, 0.25) is 0 Å². The number of nitriles is 1. The van der Waals surface area contributed by atoms with Gasteiger partial charge in [-0.15, -0.1) is 0 Å². The van der Waals surface area contributed by atoms with Gasteiger partial charge in [0.1, 0.15) is 17.6 Å². The Balaban J connectivity index is 1.28. The van der Waals surface area contributed by atoms with E-state index in [0.29, 0.717) is 34.6 Å². The number of amides is 1. The maximum atomic E-state index is 12.5. The van der Waals surface area contributed by atoms with Crippen molar-refractivity contribution in [2.75, 3.05) is 17.2 Å². The van der Waals surface area contributed by atoms with Gasteiger partial charge in [0.15, 0.2) is 0 Å². The largest absolute Gasteiger partial charge is 0.457 e. The molecule has 0 saturated heterocycles. The average Bonchev–Trinajstić information content (AvgIpc) is 3.28. The topological polar surface area (TPSA) is 114 Å². The molecular formula is C30H26N6O3. The van der Waals surface area contributed by atoms with Gasteiger partial charge in [-0.3, -0.25) is 10.3 Å². The van der Waals surface area contributed by atoms with E-state index in [1.807, 2.05) is 79.7 Å². The van der Waals surface area contributed by atoms with Gasteiger partial charge in [-0.2, -0.15) is 10.4 Å². The molecule has 5 aromatic rings. The standard InChI is InChI=1S/C30H26N6O3/c1-21-27(35-30(37)38-17-7-9-23-8-5-6-16-32-23)20-36-29(21)28(22(18-31)19-33-36)34-24-12-14-26(15-13-24)39-25-10-3-2-4-11-25/h2-6,8,10-16,19-20,34H,7,9,17H2,1H3,(H,35,37). The van der Waals surface area contributed by atoms with Crippen molar-refractivity contribution in [2.45, 2.75) is 19.8 Å². The highest BCUT2D eigenvalue weighted by atomic mass is 16.5. The Labute approximate surface area is 225 Å². The minimum atomic E-state index is -0.556. The quantitative estimate of drug-likeness (QED) is 0.211. The molecule has 0 spiro atoms. The Bertz CT molecular complexity index is 1610. The molecule has 0 atom stereocenters. The van der Waals surface area contributed by atoms with Crippen LogP contribution in [0.1, 0.15) is 23.2 Å². The third-order valence-electron chi connectivity index (χ3n) is 6.05. The highest BCUT2D eigenvalue weighted by molar-refractivity contribution is 5.92. The first kappa shape index (κ1) is 25.3. The monoisotopic (exact) mass is 518 g/mol. The molecule has 39 heavy (non-hydrogen) atoms. The number of carbonyl (C=O) groups excluding carboxylic acids is 1. The third kappa shape index (κ3) is 6.14. The zero-order chi connectivity index (χ0) is 27.0. The number of carbonyl (C=O) groups is 1. The van der Waals surface area contributed by atoms with Crippen molar-refractivity contribution >= 4 is 28.7 Å². The molecule has 0 bridgehead atoms. The van der Waals surface area contributed by atoms with Gasteiger partial charge in [-0.05, 0) is 68.3 Å². The van der Waals surface area contributed by atoms with Crippen LogP contribution in [0.4, 0.5) is 21.9 Å². The summed E-state index contributed by atoms with van der Waals surface area (Å²) in [7, 11) is 0. The van der Waals surface area contributed by atoms with E-state index < -0.39 is 6.09 Å². The van der Waals surface area contributed by atoms with Crippen molar-refractivity contribution < 1.29 is 14.3 Å². The number of rotatable bonds is 9. The van der Waals surface area contributed by atoms with Crippen molar-refractivity contribution in [3.8, 4) is 17.6 Å². The van der Waals surface area contributed by atoms with Crippen LogP contribution in [0.15, 0.2) is 91.4 Å². The Morgan fingerprint density at radius 3 is 2.54 bits per heavy atom. The number of nitrogens with one attached hydrogen (secondary N) is 2. The SMILES string of the molecule is Cc1c(NC(=O)OCCCc2ccccn2)cn2ncc(C#N)c(Nc3ccc(Oc4ccccc4)cc3)c12. The first-order chi connectivity index (χ1) is 19.1. The Hall–Kier alpha value is -5.36. The Morgan fingerprint density at radius 1 is 1.03 bits per heavy atom. The van der Waals surface area contributed by atoms with Gasteiger partial charge < -0.3 is 14.8 Å². The van der Waals surface area contributed by atoms with Gasteiger partial charge in [0.05, 0.1) is 41.5 Å². The highest BCUT2D eigenvalue weighted by Crippen LogP contribution is 2.33. The molecule has 3 aromatic heterocycles. The number of hydrogen-bond donors (Lipinski definition) is 2. The van der Waals surface area contributed by atoms with Crippen LogP contribution in [-0.4, -0.2) is 27.3 Å². The summed E-state index contributed by atoms with van der Waals surface area (Å²) in [6.45, 7) is 2.12. The molecule has 2 N–H and O–H groups in total. The predicted octanol–water partition coefficient (Wildman–Crippen LogP) is 6.63. The first-order valence-electron chi connectivity index (χ1n) is 12.5. The van der Waals surface area contributed by atoms with Crippen molar-refractivity contribution in [3.05, 3.63) is 108 Å².